The SMILES string of the molecule is CCNC(c1ccc(Cl)cc1F)c1cc(Br)ccc1I. The minimum Gasteiger partial charge on any atom is -0.306 e. The van der Waals surface area contributed by atoms with E-state index >= 15 is 0 Å². The van der Waals surface area contributed by atoms with Crippen LogP contribution in [0.5, 0.6) is 0 Å². The molecule has 2 aromatic carbocycles. The minimum absolute atomic E-state index is 0.193. The summed E-state index contributed by atoms with van der Waals surface area (Å²) in [5, 5.41) is 3.74. The highest BCUT2D eigenvalue weighted by Crippen LogP contribution is 2.31. The van der Waals surface area contributed by atoms with Gasteiger partial charge in [0, 0.05) is 18.6 Å². The number of benzene rings is 2. The van der Waals surface area contributed by atoms with Crippen molar-refractivity contribution in [2.24, 2.45) is 0 Å². The monoisotopic (exact) mass is 467 g/mol. The number of nitrogens with one attached hydrogen (secondary N) is 1. The molecule has 0 aliphatic carbocycles. The van der Waals surface area contributed by atoms with Crippen LogP contribution in [0.3, 0.4) is 0 Å². The van der Waals surface area contributed by atoms with Gasteiger partial charge in [0.1, 0.15) is 5.82 Å². The summed E-state index contributed by atoms with van der Waals surface area (Å²) in [5.41, 5.74) is 1.65. The molecular weight excluding hydrogens is 455 g/mol. The van der Waals surface area contributed by atoms with Crippen LogP contribution in [-0.4, -0.2) is 6.54 Å². The molecule has 0 bridgehead atoms. The summed E-state index contributed by atoms with van der Waals surface area (Å²) >= 11 is 11.6. The topological polar surface area (TPSA) is 12.0 Å². The zero-order valence-corrected chi connectivity index (χ0v) is 15.3. The van der Waals surface area contributed by atoms with Crippen molar-refractivity contribution in [2.45, 2.75) is 13.0 Å². The molecule has 1 nitrogen and oxygen atoms in total. The molecule has 1 unspecified atom stereocenters. The van der Waals surface area contributed by atoms with E-state index in [0.717, 1.165) is 20.2 Å². The first-order valence-corrected chi connectivity index (χ1v) is 8.41. The van der Waals surface area contributed by atoms with E-state index in [9.17, 15) is 4.39 Å². The first-order chi connectivity index (χ1) is 9.52. The molecule has 0 heterocycles. The summed E-state index contributed by atoms with van der Waals surface area (Å²) in [6.45, 7) is 2.75. The van der Waals surface area contributed by atoms with E-state index in [0.29, 0.717) is 10.6 Å². The van der Waals surface area contributed by atoms with E-state index in [2.05, 4.69) is 43.8 Å². The highest BCUT2D eigenvalue weighted by atomic mass is 127. The van der Waals surface area contributed by atoms with Crippen LogP contribution in [0.4, 0.5) is 4.39 Å². The fourth-order valence-corrected chi connectivity index (χ4v) is 3.25. The first kappa shape index (κ1) is 16.2. The fraction of sp³-hybridized carbons (Fsp3) is 0.200. The number of hydrogen-bond acceptors (Lipinski definition) is 1. The fourth-order valence-electron chi connectivity index (χ4n) is 2.06. The number of hydrogen-bond donors (Lipinski definition) is 1. The Hall–Kier alpha value is -0.170. The Labute approximate surface area is 145 Å². The molecule has 0 saturated heterocycles. The smallest absolute Gasteiger partial charge is 0.129 e. The van der Waals surface area contributed by atoms with Gasteiger partial charge in [-0.25, -0.2) is 4.39 Å². The molecule has 0 amide bonds. The van der Waals surface area contributed by atoms with Gasteiger partial charge in [-0.05, 0) is 65.0 Å². The van der Waals surface area contributed by atoms with Crippen LogP contribution in [0.2, 0.25) is 5.02 Å². The molecule has 0 aliphatic rings. The highest BCUT2D eigenvalue weighted by molar-refractivity contribution is 14.1. The van der Waals surface area contributed by atoms with Gasteiger partial charge < -0.3 is 5.32 Å². The average molecular weight is 469 g/mol. The van der Waals surface area contributed by atoms with Gasteiger partial charge in [-0.3, -0.25) is 0 Å². The third-order valence-corrected chi connectivity index (χ3v) is 4.66. The largest absolute Gasteiger partial charge is 0.306 e. The lowest BCUT2D eigenvalue weighted by Gasteiger charge is -2.21. The molecule has 0 aromatic heterocycles. The summed E-state index contributed by atoms with van der Waals surface area (Å²) in [6.07, 6.45) is 0. The summed E-state index contributed by atoms with van der Waals surface area (Å²) in [7, 11) is 0. The van der Waals surface area contributed by atoms with Crippen molar-refractivity contribution in [1.29, 1.82) is 0 Å². The van der Waals surface area contributed by atoms with Crippen molar-refractivity contribution >= 4 is 50.1 Å². The number of halogens is 4. The zero-order chi connectivity index (χ0) is 14.7. The molecule has 0 spiro atoms. The normalized spacial score (nSPS) is 12.4. The summed E-state index contributed by atoms with van der Waals surface area (Å²) in [5.74, 6) is -0.292. The van der Waals surface area contributed by atoms with Gasteiger partial charge in [-0.1, -0.05) is 40.5 Å². The van der Waals surface area contributed by atoms with Gasteiger partial charge in [-0.2, -0.15) is 0 Å². The van der Waals surface area contributed by atoms with E-state index in [-0.39, 0.29) is 11.9 Å². The second-order valence-corrected chi connectivity index (χ2v) is 6.84. The third-order valence-electron chi connectivity index (χ3n) is 2.95. The van der Waals surface area contributed by atoms with Crippen LogP contribution in [-0.2, 0) is 0 Å². The van der Waals surface area contributed by atoms with E-state index in [1.165, 1.54) is 6.07 Å². The van der Waals surface area contributed by atoms with Crippen molar-refractivity contribution in [2.75, 3.05) is 6.54 Å². The predicted molar refractivity (Wildman–Crippen MR) is 93.8 cm³/mol. The van der Waals surface area contributed by atoms with Crippen LogP contribution in [0.1, 0.15) is 24.1 Å². The molecule has 0 fully saturated rings. The average Bonchev–Trinajstić information content (AvgIpc) is 2.40. The molecule has 0 radical (unpaired) electrons. The van der Waals surface area contributed by atoms with Crippen molar-refractivity contribution in [1.82, 2.24) is 5.32 Å². The number of rotatable bonds is 4. The van der Waals surface area contributed by atoms with Gasteiger partial charge >= 0.3 is 0 Å². The molecule has 0 saturated carbocycles. The Bertz CT molecular complexity index is 621. The molecule has 2 rings (SSSR count). The van der Waals surface area contributed by atoms with E-state index in [1.807, 2.05) is 25.1 Å². The van der Waals surface area contributed by atoms with Crippen molar-refractivity contribution in [3.05, 3.63) is 66.4 Å². The maximum absolute atomic E-state index is 14.2. The van der Waals surface area contributed by atoms with E-state index in [1.54, 1.807) is 12.1 Å². The maximum atomic E-state index is 14.2. The molecule has 20 heavy (non-hydrogen) atoms. The second kappa shape index (κ2) is 7.20. The standard InChI is InChI=1S/C15H13BrClFIN/c1-2-20-15(11-5-4-10(17)8-13(11)18)12-7-9(16)3-6-14(12)19/h3-8,15,20H,2H2,1H3. The first-order valence-electron chi connectivity index (χ1n) is 6.16. The molecule has 1 atom stereocenters. The summed E-state index contributed by atoms with van der Waals surface area (Å²) in [4.78, 5) is 0. The van der Waals surface area contributed by atoms with E-state index < -0.39 is 0 Å². The van der Waals surface area contributed by atoms with Crippen LogP contribution in [0.15, 0.2) is 40.9 Å². The Morgan fingerprint density at radius 3 is 2.65 bits per heavy atom. The zero-order valence-electron chi connectivity index (χ0n) is 10.8. The summed E-state index contributed by atoms with van der Waals surface area (Å²) in [6, 6.07) is 10.6. The molecule has 0 aliphatic heterocycles. The Morgan fingerprint density at radius 2 is 2.00 bits per heavy atom. The van der Waals surface area contributed by atoms with Crippen LogP contribution in [0.25, 0.3) is 0 Å². The van der Waals surface area contributed by atoms with Gasteiger partial charge in [-0.15, -0.1) is 0 Å². The van der Waals surface area contributed by atoms with Crippen LogP contribution in [0, 0.1) is 9.39 Å². The third kappa shape index (κ3) is 3.72. The molecule has 2 aromatic rings. The Balaban J connectivity index is 2.53. The van der Waals surface area contributed by atoms with Crippen molar-refractivity contribution < 1.29 is 4.39 Å². The lowest BCUT2D eigenvalue weighted by molar-refractivity contribution is 0.558. The van der Waals surface area contributed by atoms with E-state index in [4.69, 9.17) is 11.6 Å². The van der Waals surface area contributed by atoms with Crippen molar-refractivity contribution in [3.8, 4) is 0 Å². The molecule has 106 valence electrons. The lowest BCUT2D eigenvalue weighted by Crippen LogP contribution is -2.23. The van der Waals surface area contributed by atoms with Gasteiger partial charge in [0.15, 0.2) is 0 Å². The second-order valence-electron chi connectivity index (χ2n) is 4.32. The van der Waals surface area contributed by atoms with Crippen LogP contribution >= 0.6 is 50.1 Å². The highest BCUT2D eigenvalue weighted by Gasteiger charge is 2.19. The van der Waals surface area contributed by atoms with Gasteiger partial charge in [0.05, 0.1) is 6.04 Å². The van der Waals surface area contributed by atoms with Gasteiger partial charge in [0.2, 0.25) is 0 Å². The molecular formula is C15H13BrClFIN. The van der Waals surface area contributed by atoms with Gasteiger partial charge in [0.25, 0.3) is 0 Å². The Morgan fingerprint density at radius 1 is 1.25 bits per heavy atom. The Kier molecular flexibility index (Phi) is 5.84. The molecule has 1 N–H and O–H groups in total. The predicted octanol–water partition coefficient (Wildman–Crippen LogP) is 5.55. The summed E-state index contributed by atoms with van der Waals surface area (Å²) < 4.78 is 16.3. The minimum atomic E-state index is -0.292. The quantitative estimate of drug-likeness (QED) is 0.581. The maximum Gasteiger partial charge on any atom is 0.129 e. The lowest BCUT2D eigenvalue weighted by atomic mass is 9.98. The van der Waals surface area contributed by atoms with Crippen LogP contribution < -0.4 is 5.32 Å². The van der Waals surface area contributed by atoms with Crippen molar-refractivity contribution in [3.63, 3.8) is 0 Å². The molecule has 5 heteroatoms.